The van der Waals surface area contributed by atoms with Crippen molar-refractivity contribution in [3.63, 3.8) is 0 Å². The summed E-state index contributed by atoms with van der Waals surface area (Å²) in [6.07, 6.45) is 3.56. The van der Waals surface area contributed by atoms with Gasteiger partial charge in [0.05, 0.1) is 11.6 Å². The van der Waals surface area contributed by atoms with Crippen molar-refractivity contribution in [2.24, 2.45) is 0 Å². The number of nitrogens with zero attached hydrogens (tertiary/aromatic N) is 3. The predicted molar refractivity (Wildman–Crippen MR) is 87.5 cm³/mol. The molecule has 2 aromatic heterocycles. The number of rotatable bonds is 2. The molecule has 114 valence electrons. The molecule has 2 aromatic rings. The number of pyridine rings is 1. The van der Waals surface area contributed by atoms with Crippen molar-refractivity contribution < 1.29 is 4.79 Å². The van der Waals surface area contributed by atoms with Crippen LogP contribution in [0.1, 0.15) is 22.1 Å². The first-order chi connectivity index (χ1) is 9.36. The molecule has 5 nitrogen and oxygen atoms in total. The zero-order chi connectivity index (χ0) is 13.1. The van der Waals surface area contributed by atoms with Gasteiger partial charge in [-0.25, -0.2) is 4.98 Å². The van der Waals surface area contributed by atoms with Gasteiger partial charge in [-0.05, 0) is 11.6 Å². The fraction of sp³-hybridized carbons (Fsp3) is 0.308. The molecule has 0 aliphatic carbocycles. The summed E-state index contributed by atoms with van der Waals surface area (Å²) in [5, 5.41) is 5.12. The molecule has 0 radical (unpaired) electrons. The molecular formula is C13H16Cl2N4OS. The molecule has 0 spiro atoms. The number of piperazine rings is 1. The fourth-order valence-electron chi connectivity index (χ4n) is 2.28. The van der Waals surface area contributed by atoms with E-state index in [0.29, 0.717) is 12.2 Å². The van der Waals surface area contributed by atoms with Crippen LogP contribution in [0.15, 0.2) is 35.4 Å². The van der Waals surface area contributed by atoms with Crippen molar-refractivity contribution in [3.05, 3.63) is 46.7 Å². The lowest BCUT2D eigenvalue weighted by atomic mass is 10.1. The average molecular weight is 347 g/mol. The van der Waals surface area contributed by atoms with E-state index in [9.17, 15) is 4.79 Å². The first-order valence-electron chi connectivity index (χ1n) is 6.16. The predicted octanol–water partition coefficient (Wildman–Crippen LogP) is 2.17. The summed E-state index contributed by atoms with van der Waals surface area (Å²) >= 11 is 1.44. The number of aromatic nitrogens is 2. The highest BCUT2D eigenvalue weighted by Gasteiger charge is 2.29. The Hall–Kier alpha value is -1.21. The van der Waals surface area contributed by atoms with E-state index in [4.69, 9.17) is 0 Å². The Morgan fingerprint density at radius 3 is 2.95 bits per heavy atom. The van der Waals surface area contributed by atoms with Crippen LogP contribution in [0.3, 0.4) is 0 Å². The molecule has 1 aliphatic rings. The van der Waals surface area contributed by atoms with Crippen LogP contribution in [0.2, 0.25) is 0 Å². The smallest absolute Gasteiger partial charge is 0.273 e. The minimum absolute atomic E-state index is 0. The van der Waals surface area contributed by atoms with Crippen LogP contribution < -0.4 is 5.32 Å². The number of carbonyl (C=O) groups is 1. The van der Waals surface area contributed by atoms with Crippen LogP contribution in [0.25, 0.3) is 0 Å². The zero-order valence-corrected chi connectivity index (χ0v) is 13.6. The molecule has 1 aliphatic heterocycles. The Morgan fingerprint density at radius 1 is 1.43 bits per heavy atom. The average Bonchev–Trinajstić information content (AvgIpc) is 3.02. The van der Waals surface area contributed by atoms with Crippen LogP contribution >= 0.6 is 36.2 Å². The van der Waals surface area contributed by atoms with Gasteiger partial charge in [-0.2, -0.15) is 0 Å². The Labute approximate surface area is 139 Å². The van der Waals surface area contributed by atoms with E-state index < -0.39 is 0 Å². The first-order valence-corrected chi connectivity index (χ1v) is 7.10. The maximum Gasteiger partial charge on any atom is 0.273 e. The molecule has 0 saturated carbocycles. The zero-order valence-electron chi connectivity index (χ0n) is 11.1. The Bertz CT molecular complexity index is 553. The van der Waals surface area contributed by atoms with E-state index in [1.54, 1.807) is 17.1 Å². The summed E-state index contributed by atoms with van der Waals surface area (Å²) in [6, 6.07) is 3.93. The van der Waals surface area contributed by atoms with E-state index in [2.05, 4.69) is 15.3 Å². The van der Waals surface area contributed by atoms with Gasteiger partial charge in [0.15, 0.2) is 0 Å². The Kier molecular flexibility index (Phi) is 7.04. The van der Waals surface area contributed by atoms with Crippen LogP contribution in [0.5, 0.6) is 0 Å². The molecule has 0 bridgehead atoms. The molecule has 1 N–H and O–H groups in total. The summed E-state index contributed by atoms with van der Waals surface area (Å²) < 4.78 is 0. The van der Waals surface area contributed by atoms with Gasteiger partial charge < -0.3 is 10.2 Å². The van der Waals surface area contributed by atoms with E-state index >= 15 is 0 Å². The number of halogens is 2. The van der Waals surface area contributed by atoms with E-state index in [1.165, 1.54) is 11.3 Å². The Balaban J connectivity index is 0.00000110. The summed E-state index contributed by atoms with van der Waals surface area (Å²) in [4.78, 5) is 22.6. The quantitative estimate of drug-likeness (QED) is 0.905. The topological polar surface area (TPSA) is 58.1 Å². The SMILES string of the molecule is Cl.Cl.O=C(c1cscn1)N1CCNCC1c1cccnc1. The second-order valence-electron chi connectivity index (χ2n) is 4.38. The number of hydrogen-bond acceptors (Lipinski definition) is 5. The number of nitrogens with one attached hydrogen (secondary N) is 1. The molecule has 3 heterocycles. The maximum absolute atomic E-state index is 12.5. The van der Waals surface area contributed by atoms with Crippen LogP contribution in [-0.2, 0) is 0 Å². The lowest BCUT2D eigenvalue weighted by molar-refractivity contribution is 0.0628. The van der Waals surface area contributed by atoms with E-state index in [-0.39, 0.29) is 36.8 Å². The Morgan fingerprint density at radius 2 is 2.29 bits per heavy atom. The second kappa shape index (κ2) is 8.29. The third-order valence-electron chi connectivity index (χ3n) is 3.22. The maximum atomic E-state index is 12.5. The highest BCUT2D eigenvalue weighted by atomic mass is 35.5. The molecule has 21 heavy (non-hydrogen) atoms. The lowest BCUT2D eigenvalue weighted by Gasteiger charge is -2.36. The summed E-state index contributed by atoms with van der Waals surface area (Å²) in [5.41, 5.74) is 3.27. The number of hydrogen-bond donors (Lipinski definition) is 1. The number of carbonyl (C=O) groups excluding carboxylic acids is 1. The van der Waals surface area contributed by atoms with Crippen molar-refractivity contribution in [3.8, 4) is 0 Å². The van der Waals surface area contributed by atoms with E-state index in [1.807, 2.05) is 23.2 Å². The van der Waals surface area contributed by atoms with Gasteiger partial charge in [0.2, 0.25) is 0 Å². The molecule has 1 saturated heterocycles. The van der Waals surface area contributed by atoms with Crippen molar-refractivity contribution >= 4 is 42.1 Å². The van der Waals surface area contributed by atoms with Gasteiger partial charge in [0.25, 0.3) is 5.91 Å². The van der Waals surface area contributed by atoms with Crippen molar-refractivity contribution in [1.82, 2.24) is 20.2 Å². The van der Waals surface area contributed by atoms with Crippen molar-refractivity contribution in [2.45, 2.75) is 6.04 Å². The fourth-order valence-corrected chi connectivity index (χ4v) is 2.81. The highest BCUT2D eigenvalue weighted by Crippen LogP contribution is 2.23. The summed E-state index contributed by atoms with van der Waals surface area (Å²) in [7, 11) is 0. The van der Waals surface area contributed by atoms with Crippen LogP contribution in [-0.4, -0.2) is 40.4 Å². The van der Waals surface area contributed by atoms with Crippen molar-refractivity contribution in [1.29, 1.82) is 0 Å². The van der Waals surface area contributed by atoms with Gasteiger partial charge in [-0.1, -0.05) is 6.07 Å². The molecular weight excluding hydrogens is 331 g/mol. The van der Waals surface area contributed by atoms with Gasteiger partial charge in [0.1, 0.15) is 5.69 Å². The molecule has 8 heteroatoms. The van der Waals surface area contributed by atoms with Gasteiger partial charge in [-0.15, -0.1) is 36.2 Å². The third kappa shape index (κ3) is 3.91. The van der Waals surface area contributed by atoms with Crippen molar-refractivity contribution in [2.75, 3.05) is 19.6 Å². The van der Waals surface area contributed by atoms with E-state index in [0.717, 1.165) is 18.7 Å². The molecule has 0 aromatic carbocycles. The summed E-state index contributed by atoms with van der Waals surface area (Å²) in [5.74, 6) is -0.00315. The van der Waals surface area contributed by atoms with Crippen LogP contribution in [0, 0.1) is 0 Å². The minimum Gasteiger partial charge on any atom is -0.328 e. The highest BCUT2D eigenvalue weighted by molar-refractivity contribution is 7.07. The van der Waals surface area contributed by atoms with Crippen LogP contribution in [0.4, 0.5) is 0 Å². The molecule has 1 unspecified atom stereocenters. The number of thiazole rings is 1. The van der Waals surface area contributed by atoms with Gasteiger partial charge in [0, 0.05) is 37.4 Å². The molecule has 3 rings (SSSR count). The normalized spacial score (nSPS) is 17.5. The monoisotopic (exact) mass is 346 g/mol. The molecule has 1 atom stereocenters. The third-order valence-corrected chi connectivity index (χ3v) is 3.81. The second-order valence-corrected chi connectivity index (χ2v) is 5.10. The molecule has 1 amide bonds. The lowest BCUT2D eigenvalue weighted by Crippen LogP contribution is -2.48. The standard InChI is InChI=1S/C13H14N4OS.2ClH/c18-13(11-8-19-9-16-11)17-5-4-15-7-12(17)10-2-1-3-14-6-10;;/h1-3,6,8-9,12,15H,4-5,7H2;2*1H. The number of amides is 1. The van der Waals surface area contributed by atoms with Gasteiger partial charge >= 0.3 is 0 Å². The first kappa shape index (κ1) is 17.8. The van der Waals surface area contributed by atoms with Gasteiger partial charge in [-0.3, -0.25) is 9.78 Å². The largest absolute Gasteiger partial charge is 0.328 e. The molecule has 1 fully saturated rings. The summed E-state index contributed by atoms with van der Waals surface area (Å²) in [6.45, 7) is 2.25. The minimum atomic E-state index is -0.00315.